The normalized spacial score (nSPS) is 15.4. The Morgan fingerprint density at radius 2 is 1.49 bits per heavy atom. The predicted octanol–water partition coefficient (Wildman–Crippen LogP) is 7.25. The number of carbonyl (C=O) groups excluding carboxylic acids is 2. The van der Waals surface area contributed by atoms with Gasteiger partial charge in [-0.2, -0.15) is 0 Å². The minimum absolute atomic E-state index is 0.0759. The van der Waals surface area contributed by atoms with E-state index in [0.29, 0.717) is 17.5 Å². The van der Waals surface area contributed by atoms with Crippen LogP contribution in [0.4, 0.5) is 14.5 Å². The molecule has 1 aliphatic rings. The van der Waals surface area contributed by atoms with Gasteiger partial charge in [-0.3, -0.25) is 10.1 Å². The number of nitrogens with zero attached hydrogens (tertiary/aromatic N) is 1. The third-order valence-corrected chi connectivity index (χ3v) is 7.20. The lowest BCUT2D eigenvalue weighted by molar-refractivity contribution is -0.387. The molecule has 0 heterocycles. The van der Waals surface area contributed by atoms with E-state index in [-0.39, 0.29) is 28.1 Å². The smallest absolute Gasteiger partial charge is 0.346 e. The van der Waals surface area contributed by atoms with Crippen molar-refractivity contribution < 1.29 is 32.8 Å². The average molecular weight is 538 g/mol. The number of rotatable bonds is 7. The molecule has 0 aromatic heterocycles. The molecule has 4 rings (SSSR count). The Labute approximate surface area is 224 Å². The van der Waals surface area contributed by atoms with Crippen LogP contribution in [-0.2, 0) is 15.6 Å². The molecule has 0 aliphatic heterocycles. The minimum atomic E-state index is -2.84. The molecule has 0 saturated carbocycles. The molecule has 0 bridgehead atoms. The Bertz CT molecular complexity index is 1420. The zero-order valence-corrected chi connectivity index (χ0v) is 22.1. The van der Waals surface area contributed by atoms with E-state index < -0.39 is 40.7 Å². The van der Waals surface area contributed by atoms with Crippen molar-refractivity contribution >= 4 is 17.6 Å². The average Bonchev–Trinajstić information content (AvgIpc) is 2.89. The van der Waals surface area contributed by atoms with Crippen molar-refractivity contribution in [1.29, 1.82) is 0 Å². The second-order valence-electron chi connectivity index (χ2n) is 10.9. The number of hydrogen-bond donors (Lipinski definition) is 0. The maximum atomic E-state index is 13.2. The fraction of sp³-hybridized carbons (Fsp3) is 0.333. The van der Waals surface area contributed by atoms with E-state index in [1.807, 2.05) is 27.7 Å². The Morgan fingerprint density at radius 3 is 2.05 bits per heavy atom. The van der Waals surface area contributed by atoms with Crippen LogP contribution in [0.15, 0.2) is 60.7 Å². The van der Waals surface area contributed by atoms with E-state index in [2.05, 4.69) is 0 Å². The largest absolute Gasteiger partial charge is 0.480 e. The molecule has 3 aromatic carbocycles. The molecule has 0 unspecified atom stereocenters. The molecule has 9 heteroatoms. The van der Waals surface area contributed by atoms with Crippen molar-refractivity contribution in [3.8, 4) is 16.9 Å². The molecular formula is C30H29F2NO6. The molecule has 7 nitrogen and oxygen atoms in total. The van der Waals surface area contributed by atoms with Crippen LogP contribution in [-0.4, -0.2) is 29.9 Å². The molecule has 204 valence electrons. The van der Waals surface area contributed by atoms with Crippen LogP contribution in [0, 0.1) is 10.1 Å². The lowest BCUT2D eigenvalue weighted by Gasteiger charge is -2.41. The van der Waals surface area contributed by atoms with Gasteiger partial charge in [-0.15, -0.1) is 0 Å². The van der Waals surface area contributed by atoms with Gasteiger partial charge in [0, 0.05) is 11.1 Å². The van der Waals surface area contributed by atoms with Crippen molar-refractivity contribution in [1.82, 2.24) is 0 Å². The molecule has 0 fully saturated rings. The highest BCUT2D eigenvalue weighted by molar-refractivity contribution is 6.02. The first-order valence-electron chi connectivity index (χ1n) is 12.5. The number of ether oxygens (including phenoxy) is 2. The topological polar surface area (TPSA) is 95.7 Å². The molecule has 0 amide bonds. The summed E-state index contributed by atoms with van der Waals surface area (Å²) in [5.74, 6) is -1.91. The van der Waals surface area contributed by atoms with Gasteiger partial charge in [0.2, 0.25) is 5.75 Å². The maximum Gasteiger partial charge on any atom is 0.346 e. The van der Waals surface area contributed by atoms with E-state index >= 15 is 0 Å². The molecule has 0 spiro atoms. The molecule has 0 saturated heterocycles. The second-order valence-corrected chi connectivity index (χ2v) is 10.9. The van der Waals surface area contributed by atoms with Crippen LogP contribution >= 0.6 is 0 Å². The SMILES string of the molecule is CC1(C)CCC(C)(C)c2c1cc(-c1ccc(C(=O)OC(=O)c3ccccc3)cc1)c(OCC(F)F)c2[N+](=O)[O-]. The number of esters is 2. The summed E-state index contributed by atoms with van der Waals surface area (Å²) in [6.07, 6.45) is -1.38. The highest BCUT2D eigenvalue weighted by Gasteiger charge is 2.44. The summed E-state index contributed by atoms with van der Waals surface area (Å²) in [5, 5.41) is 12.4. The van der Waals surface area contributed by atoms with Gasteiger partial charge in [-0.1, -0.05) is 58.0 Å². The standard InChI is InChI=1S/C30H29F2NO6/c1-29(2)14-15-30(3,4)24-22(29)16-21(26(25(24)33(36)37)38-17-23(31)32)18-10-12-20(13-11-18)28(35)39-27(34)19-8-6-5-7-9-19/h5-13,16,23H,14-15,17H2,1-4H3. The predicted molar refractivity (Wildman–Crippen MR) is 142 cm³/mol. The summed E-state index contributed by atoms with van der Waals surface area (Å²) >= 11 is 0. The zero-order valence-electron chi connectivity index (χ0n) is 22.1. The highest BCUT2D eigenvalue weighted by atomic mass is 19.3. The second kappa shape index (κ2) is 10.6. The third-order valence-electron chi connectivity index (χ3n) is 7.20. The van der Waals surface area contributed by atoms with E-state index in [1.165, 1.54) is 36.4 Å². The van der Waals surface area contributed by atoms with Crippen molar-refractivity contribution in [2.45, 2.75) is 57.8 Å². The minimum Gasteiger partial charge on any atom is -0.480 e. The molecule has 0 radical (unpaired) electrons. The van der Waals surface area contributed by atoms with Gasteiger partial charge in [-0.05, 0) is 65.1 Å². The quantitative estimate of drug-likeness (QED) is 0.136. The highest BCUT2D eigenvalue weighted by Crippen LogP contribution is 2.54. The number of halogens is 2. The van der Waals surface area contributed by atoms with Crippen LogP contribution in [0.2, 0.25) is 0 Å². The molecule has 0 N–H and O–H groups in total. The number of carbonyl (C=O) groups is 2. The fourth-order valence-corrected chi connectivity index (χ4v) is 5.00. The molecule has 39 heavy (non-hydrogen) atoms. The number of fused-ring (bicyclic) bond motifs is 1. The van der Waals surface area contributed by atoms with Crippen LogP contribution < -0.4 is 4.74 Å². The van der Waals surface area contributed by atoms with E-state index in [0.717, 1.165) is 12.0 Å². The van der Waals surface area contributed by atoms with Crippen LogP contribution in [0.5, 0.6) is 5.75 Å². The van der Waals surface area contributed by atoms with Crippen LogP contribution in [0.1, 0.15) is 72.4 Å². The van der Waals surface area contributed by atoms with Gasteiger partial charge in [-0.25, -0.2) is 18.4 Å². The molecular weight excluding hydrogens is 508 g/mol. The summed E-state index contributed by atoms with van der Waals surface area (Å²) in [7, 11) is 0. The van der Waals surface area contributed by atoms with E-state index in [4.69, 9.17) is 9.47 Å². The van der Waals surface area contributed by atoms with E-state index in [1.54, 1.807) is 24.3 Å². The summed E-state index contributed by atoms with van der Waals surface area (Å²) < 4.78 is 36.8. The number of nitro benzene ring substituents is 1. The maximum absolute atomic E-state index is 13.2. The van der Waals surface area contributed by atoms with Crippen molar-refractivity contribution in [3.63, 3.8) is 0 Å². The lowest BCUT2D eigenvalue weighted by Crippen LogP contribution is -2.35. The van der Waals surface area contributed by atoms with Crippen LogP contribution in [0.25, 0.3) is 11.1 Å². The van der Waals surface area contributed by atoms with E-state index in [9.17, 15) is 28.5 Å². The van der Waals surface area contributed by atoms with Gasteiger partial charge in [0.25, 0.3) is 6.43 Å². The Balaban J connectivity index is 1.79. The molecule has 1 aliphatic carbocycles. The number of benzene rings is 3. The van der Waals surface area contributed by atoms with Crippen molar-refractivity contribution in [2.24, 2.45) is 0 Å². The van der Waals surface area contributed by atoms with Gasteiger partial charge in [0.05, 0.1) is 16.1 Å². The Hall–Kier alpha value is -4.14. The van der Waals surface area contributed by atoms with Gasteiger partial charge in [0.1, 0.15) is 6.61 Å². The zero-order chi connectivity index (χ0) is 28.5. The van der Waals surface area contributed by atoms with Crippen molar-refractivity contribution in [3.05, 3.63) is 93.0 Å². The first-order chi connectivity index (χ1) is 18.3. The first kappa shape index (κ1) is 27.9. The Kier molecular flexibility index (Phi) is 7.54. The summed E-state index contributed by atoms with van der Waals surface area (Å²) in [4.78, 5) is 36.7. The first-order valence-corrected chi connectivity index (χ1v) is 12.5. The monoisotopic (exact) mass is 537 g/mol. The third kappa shape index (κ3) is 5.67. The number of nitro groups is 1. The molecule has 0 atom stereocenters. The van der Waals surface area contributed by atoms with Gasteiger partial charge < -0.3 is 9.47 Å². The number of hydrogen-bond acceptors (Lipinski definition) is 6. The Morgan fingerprint density at radius 1 is 0.923 bits per heavy atom. The number of alkyl halides is 2. The lowest BCUT2D eigenvalue weighted by atomic mass is 9.62. The summed E-state index contributed by atoms with van der Waals surface area (Å²) in [6, 6.07) is 15.7. The summed E-state index contributed by atoms with van der Waals surface area (Å²) in [5.41, 5.74) is 0.918. The summed E-state index contributed by atoms with van der Waals surface area (Å²) in [6.45, 7) is 6.79. The van der Waals surface area contributed by atoms with Crippen LogP contribution in [0.3, 0.4) is 0 Å². The van der Waals surface area contributed by atoms with Gasteiger partial charge in [0.15, 0.2) is 0 Å². The molecule has 3 aromatic rings. The van der Waals surface area contributed by atoms with Crippen molar-refractivity contribution in [2.75, 3.05) is 6.61 Å². The fourth-order valence-electron chi connectivity index (χ4n) is 5.00. The van der Waals surface area contributed by atoms with Gasteiger partial charge >= 0.3 is 17.6 Å².